The highest BCUT2D eigenvalue weighted by atomic mass is 32.2. The lowest BCUT2D eigenvalue weighted by Crippen LogP contribution is -2.46. The third-order valence-corrected chi connectivity index (χ3v) is 5.51. The first-order valence-corrected chi connectivity index (χ1v) is 9.33. The fraction of sp³-hybridized carbons (Fsp3) is 0.375. The van der Waals surface area contributed by atoms with Crippen LogP contribution in [-0.4, -0.2) is 56.5 Å². The predicted molar refractivity (Wildman–Crippen MR) is 92.2 cm³/mol. The molecule has 7 nitrogen and oxygen atoms in total. The van der Waals surface area contributed by atoms with Crippen molar-refractivity contribution in [1.29, 1.82) is 0 Å². The molecule has 0 spiro atoms. The van der Waals surface area contributed by atoms with Crippen molar-refractivity contribution in [2.24, 2.45) is 0 Å². The molecule has 24 heavy (non-hydrogen) atoms. The molecule has 1 fully saturated rings. The molecular weight excluding hydrogens is 326 g/mol. The number of hydrogen-bond acceptors (Lipinski definition) is 6. The average molecular weight is 347 g/mol. The molecule has 2 aromatic heterocycles. The standard InChI is InChI=1S/C16H21N5O2S/c1-17-24(22,23)15-5-6-16(19-12-15)21-10-8-20(9-11-21)13-14-4-2-3-7-18-14/h2-7,12,17H,8-11,13H2,1H3. The van der Waals surface area contributed by atoms with Gasteiger partial charge in [0.15, 0.2) is 0 Å². The molecule has 0 unspecified atom stereocenters. The quantitative estimate of drug-likeness (QED) is 0.858. The third-order valence-electron chi connectivity index (χ3n) is 4.11. The van der Waals surface area contributed by atoms with Crippen LogP contribution in [0.3, 0.4) is 0 Å². The predicted octanol–water partition coefficient (Wildman–Crippen LogP) is 0.707. The molecule has 1 saturated heterocycles. The van der Waals surface area contributed by atoms with Crippen LogP contribution in [0, 0.1) is 0 Å². The largest absolute Gasteiger partial charge is 0.354 e. The minimum Gasteiger partial charge on any atom is -0.354 e. The van der Waals surface area contributed by atoms with Crippen LogP contribution in [0.4, 0.5) is 5.82 Å². The number of sulfonamides is 1. The van der Waals surface area contributed by atoms with Crippen molar-refractivity contribution in [1.82, 2.24) is 19.6 Å². The summed E-state index contributed by atoms with van der Waals surface area (Å²) in [6, 6.07) is 9.32. The van der Waals surface area contributed by atoms with Crippen LogP contribution in [-0.2, 0) is 16.6 Å². The number of nitrogens with one attached hydrogen (secondary N) is 1. The van der Waals surface area contributed by atoms with Gasteiger partial charge in [0, 0.05) is 45.1 Å². The van der Waals surface area contributed by atoms with Gasteiger partial charge in [-0.3, -0.25) is 9.88 Å². The third kappa shape index (κ3) is 3.89. The van der Waals surface area contributed by atoms with Gasteiger partial charge in [-0.1, -0.05) is 6.07 Å². The second-order valence-corrected chi connectivity index (χ2v) is 7.53. The van der Waals surface area contributed by atoms with Gasteiger partial charge in [0.25, 0.3) is 0 Å². The summed E-state index contributed by atoms with van der Waals surface area (Å²) in [6.45, 7) is 4.42. The molecule has 1 aliphatic heterocycles. The second-order valence-electron chi connectivity index (χ2n) is 5.64. The van der Waals surface area contributed by atoms with E-state index in [0.29, 0.717) is 0 Å². The van der Waals surface area contributed by atoms with Crippen molar-refractivity contribution in [2.45, 2.75) is 11.4 Å². The van der Waals surface area contributed by atoms with Gasteiger partial charge in [0.2, 0.25) is 10.0 Å². The monoisotopic (exact) mass is 347 g/mol. The van der Waals surface area contributed by atoms with E-state index in [1.165, 1.54) is 13.2 Å². The zero-order valence-electron chi connectivity index (χ0n) is 13.6. The summed E-state index contributed by atoms with van der Waals surface area (Å²) < 4.78 is 25.7. The summed E-state index contributed by atoms with van der Waals surface area (Å²) in [6.07, 6.45) is 3.22. The lowest BCUT2D eigenvalue weighted by Gasteiger charge is -2.35. The normalized spacial score (nSPS) is 16.3. The van der Waals surface area contributed by atoms with Crippen molar-refractivity contribution in [3.63, 3.8) is 0 Å². The maximum absolute atomic E-state index is 11.7. The molecule has 0 atom stereocenters. The smallest absolute Gasteiger partial charge is 0.241 e. The SMILES string of the molecule is CNS(=O)(=O)c1ccc(N2CCN(Cc3ccccn3)CC2)nc1. The van der Waals surface area contributed by atoms with Gasteiger partial charge in [-0.15, -0.1) is 0 Å². The number of aromatic nitrogens is 2. The summed E-state index contributed by atoms with van der Waals surface area (Å²) in [5.41, 5.74) is 1.07. The first-order valence-electron chi connectivity index (χ1n) is 7.85. The molecule has 0 saturated carbocycles. The van der Waals surface area contributed by atoms with Crippen LogP contribution < -0.4 is 9.62 Å². The van der Waals surface area contributed by atoms with Crippen molar-refractivity contribution in [3.05, 3.63) is 48.4 Å². The van der Waals surface area contributed by atoms with Crippen LogP contribution in [0.1, 0.15) is 5.69 Å². The molecule has 0 amide bonds. The van der Waals surface area contributed by atoms with E-state index in [4.69, 9.17) is 0 Å². The number of nitrogens with zero attached hydrogens (tertiary/aromatic N) is 4. The first kappa shape index (κ1) is 16.8. The lowest BCUT2D eigenvalue weighted by molar-refractivity contribution is 0.246. The van der Waals surface area contributed by atoms with Crippen LogP contribution in [0.15, 0.2) is 47.6 Å². The van der Waals surface area contributed by atoms with Crippen LogP contribution >= 0.6 is 0 Å². The fourth-order valence-electron chi connectivity index (χ4n) is 2.69. The number of piperazine rings is 1. The van der Waals surface area contributed by atoms with E-state index in [2.05, 4.69) is 24.5 Å². The maximum Gasteiger partial charge on any atom is 0.241 e. The summed E-state index contributed by atoms with van der Waals surface area (Å²) in [5.74, 6) is 0.808. The first-order chi connectivity index (χ1) is 11.6. The Kier molecular flexibility index (Phi) is 5.08. The minimum atomic E-state index is -3.44. The van der Waals surface area contributed by atoms with Gasteiger partial charge in [0.1, 0.15) is 10.7 Å². The highest BCUT2D eigenvalue weighted by Gasteiger charge is 2.19. The minimum absolute atomic E-state index is 0.183. The molecule has 0 aromatic carbocycles. The van der Waals surface area contributed by atoms with Crippen molar-refractivity contribution in [2.75, 3.05) is 38.1 Å². The Morgan fingerprint density at radius 1 is 1.08 bits per heavy atom. The fourth-order valence-corrected chi connectivity index (χ4v) is 3.37. The Labute approximate surface area is 142 Å². The molecule has 8 heteroatoms. The summed E-state index contributed by atoms with van der Waals surface area (Å²) in [5, 5.41) is 0. The van der Waals surface area contributed by atoms with E-state index < -0.39 is 10.0 Å². The Morgan fingerprint density at radius 3 is 2.46 bits per heavy atom. The highest BCUT2D eigenvalue weighted by molar-refractivity contribution is 7.89. The molecule has 2 aromatic rings. The molecule has 0 radical (unpaired) electrons. The summed E-state index contributed by atoms with van der Waals surface area (Å²) in [7, 11) is -2.04. The molecule has 1 N–H and O–H groups in total. The zero-order chi connectivity index (χ0) is 17.0. The Morgan fingerprint density at radius 2 is 1.88 bits per heavy atom. The molecular formula is C16H21N5O2S. The van der Waals surface area contributed by atoms with Gasteiger partial charge < -0.3 is 4.90 Å². The highest BCUT2D eigenvalue weighted by Crippen LogP contribution is 2.17. The van der Waals surface area contributed by atoms with E-state index in [-0.39, 0.29) is 4.90 Å². The Bertz CT molecular complexity index is 757. The van der Waals surface area contributed by atoms with Crippen molar-refractivity contribution in [3.8, 4) is 0 Å². The topological polar surface area (TPSA) is 78.4 Å². The van der Waals surface area contributed by atoms with E-state index in [9.17, 15) is 8.42 Å². The van der Waals surface area contributed by atoms with Crippen molar-refractivity contribution < 1.29 is 8.42 Å². The van der Waals surface area contributed by atoms with Gasteiger partial charge >= 0.3 is 0 Å². The molecule has 3 heterocycles. The van der Waals surface area contributed by atoms with Gasteiger partial charge in [-0.05, 0) is 31.3 Å². The zero-order valence-corrected chi connectivity index (χ0v) is 14.4. The van der Waals surface area contributed by atoms with E-state index in [1.807, 2.05) is 24.4 Å². The van der Waals surface area contributed by atoms with Crippen LogP contribution in [0.5, 0.6) is 0 Å². The molecule has 0 bridgehead atoms. The Hall–Kier alpha value is -2.03. The number of anilines is 1. The van der Waals surface area contributed by atoms with Crippen LogP contribution in [0.2, 0.25) is 0 Å². The van der Waals surface area contributed by atoms with E-state index >= 15 is 0 Å². The van der Waals surface area contributed by atoms with Gasteiger partial charge in [-0.25, -0.2) is 18.1 Å². The van der Waals surface area contributed by atoms with Crippen LogP contribution in [0.25, 0.3) is 0 Å². The number of rotatable bonds is 5. The van der Waals surface area contributed by atoms with Gasteiger partial charge in [-0.2, -0.15) is 0 Å². The van der Waals surface area contributed by atoms with E-state index in [0.717, 1.165) is 44.2 Å². The molecule has 0 aliphatic carbocycles. The summed E-state index contributed by atoms with van der Waals surface area (Å²) in [4.78, 5) is 13.4. The number of hydrogen-bond donors (Lipinski definition) is 1. The average Bonchev–Trinajstić information content (AvgIpc) is 2.63. The van der Waals surface area contributed by atoms with Gasteiger partial charge in [0.05, 0.1) is 5.69 Å². The Balaban J connectivity index is 1.59. The lowest BCUT2D eigenvalue weighted by atomic mass is 10.2. The van der Waals surface area contributed by atoms with E-state index in [1.54, 1.807) is 12.1 Å². The number of pyridine rings is 2. The van der Waals surface area contributed by atoms with Crippen molar-refractivity contribution >= 4 is 15.8 Å². The summed E-state index contributed by atoms with van der Waals surface area (Å²) >= 11 is 0. The maximum atomic E-state index is 11.7. The molecule has 1 aliphatic rings. The molecule has 3 rings (SSSR count). The second kappa shape index (κ2) is 7.25. The molecule has 128 valence electrons.